The zero-order valence-corrected chi connectivity index (χ0v) is 10.4. The van der Waals surface area contributed by atoms with Gasteiger partial charge in [-0.2, -0.15) is 0 Å². The Hall–Kier alpha value is -1.29. The van der Waals surface area contributed by atoms with Crippen molar-refractivity contribution in [2.45, 2.75) is 12.3 Å². The van der Waals surface area contributed by atoms with Gasteiger partial charge in [-0.25, -0.2) is 4.79 Å². The minimum Gasteiger partial charge on any atom is -0.462 e. The van der Waals surface area contributed by atoms with Crippen LogP contribution in [0.15, 0.2) is 28.7 Å². The maximum Gasteiger partial charge on any atom is 0.342 e. The van der Waals surface area contributed by atoms with E-state index < -0.39 is 0 Å². The number of para-hydroxylation sites is 1. The third-order valence-electron chi connectivity index (χ3n) is 2.27. The molecule has 0 aliphatic carbocycles. The summed E-state index contributed by atoms with van der Waals surface area (Å²) >= 11 is 3.30. The van der Waals surface area contributed by atoms with Crippen LogP contribution in [0.5, 0.6) is 0 Å². The Kier molecular flexibility index (Phi) is 3.29. The second kappa shape index (κ2) is 4.70. The topological polar surface area (TPSA) is 39.4 Å². The highest BCUT2D eigenvalue weighted by molar-refractivity contribution is 9.08. The van der Waals surface area contributed by atoms with Crippen molar-refractivity contribution >= 4 is 32.9 Å². The Morgan fingerprint density at radius 2 is 2.19 bits per heavy atom. The Labute approximate surface area is 102 Å². The summed E-state index contributed by atoms with van der Waals surface area (Å²) < 4.78 is 10.6. The molecule has 0 N–H and O–H groups in total. The van der Waals surface area contributed by atoms with Gasteiger partial charge < -0.3 is 9.15 Å². The van der Waals surface area contributed by atoms with Gasteiger partial charge >= 0.3 is 5.97 Å². The fourth-order valence-corrected chi connectivity index (χ4v) is 2.01. The van der Waals surface area contributed by atoms with Crippen LogP contribution >= 0.6 is 15.9 Å². The van der Waals surface area contributed by atoms with E-state index in [2.05, 4.69) is 15.9 Å². The van der Waals surface area contributed by atoms with E-state index in [9.17, 15) is 4.79 Å². The van der Waals surface area contributed by atoms with Crippen LogP contribution in [0.4, 0.5) is 0 Å². The molecule has 0 amide bonds. The first kappa shape index (κ1) is 11.2. The molecule has 4 heteroatoms. The Balaban J connectivity index is 2.60. The van der Waals surface area contributed by atoms with Crippen molar-refractivity contribution in [1.29, 1.82) is 0 Å². The number of halogens is 1. The third-order valence-corrected chi connectivity index (χ3v) is 2.78. The molecule has 0 saturated carbocycles. The molecule has 16 heavy (non-hydrogen) atoms. The van der Waals surface area contributed by atoms with Crippen LogP contribution in [0.2, 0.25) is 0 Å². The van der Waals surface area contributed by atoms with Crippen molar-refractivity contribution in [2.24, 2.45) is 0 Å². The van der Waals surface area contributed by atoms with Gasteiger partial charge in [-0.1, -0.05) is 34.1 Å². The lowest BCUT2D eigenvalue weighted by atomic mass is 10.1. The van der Waals surface area contributed by atoms with Gasteiger partial charge in [-0.3, -0.25) is 0 Å². The summed E-state index contributed by atoms with van der Waals surface area (Å²) in [5, 5.41) is 1.30. The highest BCUT2D eigenvalue weighted by atomic mass is 79.9. The van der Waals surface area contributed by atoms with Crippen LogP contribution < -0.4 is 0 Å². The van der Waals surface area contributed by atoms with Gasteiger partial charge in [-0.05, 0) is 13.0 Å². The number of furan rings is 1. The number of hydrogen-bond donors (Lipinski definition) is 0. The zero-order chi connectivity index (χ0) is 11.5. The lowest BCUT2D eigenvalue weighted by Crippen LogP contribution is -2.05. The maximum absolute atomic E-state index is 11.8. The summed E-state index contributed by atoms with van der Waals surface area (Å²) in [6.07, 6.45) is 0. The summed E-state index contributed by atoms with van der Waals surface area (Å²) in [4.78, 5) is 11.8. The minimum atomic E-state index is -0.332. The molecule has 2 aromatic rings. The van der Waals surface area contributed by atoms with Gasteiger partial charge in [0.15, 0.2) is 0 Å². The average Bonchev–Trinajstić information content (AvgIpc) is 2.67. The molecule has 0 atom stereocenters. The standard InChI is InChI=1S/C12H11BrO3/c1-2-15-12(14)11-8-5-3-4-6-9(8)16-10(11)7-13/h3-6H,2,7H2,1H3. The second-order valence-corrected chi connectivity index (χ2v) is 3.81. The second-order valence-electron chi connectivity index (χ2n) is 3.25. The molecule has 0 unspecified atom stereocenters. The van der Waals surface area contributed by atoms with Gasteiger partial charge in [0, 0.05) is 5.39 Å². The molecule has 0 fully saturated rings. The number of fused-ring (bicyclic) bond motifs is 1. The molecule has 0 aliphatic heterocycles. The number of carbonyl (C=O) groups is 1. The third kappa shape index (κ3) is 1.85. The number of esters is 1. The monoisotopic (exact) mass is 282 g/mol. The predicted octanol–water partition coefficient (Wildman–Crippen LogP) is 3.50. The van der Waals surface area contributed by atoms with Gasteiger partial charge in [-0.15, -0.1) is 0 Å². The number of alkyl halides is 1. The summed E-state index contributed by atoms with van der Waals surface area (Å²) in [5.74, 6) is 0.279. The van der Waals surface area contributed by atoms with Crippen molar-refractivity contribution in [3.8, 4) is 0 Å². The molecule has 0 aliphatic rings. The average molecular weight is 283 g/mol. The number of hydrogen-bond acceptors (Lipinski definition) is 3. The number of carbonyl (C=O) groups excluding carboxylic acids is 1. The molecule has 84 valence electrons. The largest absolute Gasteiger partial charge is 0.462 e. The number of rotatable bonds is 3. The summed E-state index contributed by atoms with van der Waals surface area (Å²) in [6, 6.07) is 7.44. The smallest absolute Gasteiger partial charge is 0.342 e. The summed E-state index contributed by atoms with van der Waals surface area (Å²) in [6.45, 7) is 2.15. The van der Waals surface area contributed by atoms with Gasteiger partial charge in [0.05, 0.1) is 11.9 Å². The molecule has 0 saturated heterocycles. The lowest BCUT2D eigenvalue weighted by Gasteiger charge is -2.00. The number of ether oxygens (including phenoxy) is 1. The van der Waals surface area contributed by atoms with Crippen LogP contribution in [0, 0.1) is 0 Å². The van der Waals surface area contributed by atoms with E-state index in [1.807, 2.05) is 24.3 Å². The Bertz CT molecular complexity index is 516. The molecule has 0 spiro atoms. The first-order valence-electron chi connectivity index (χ1n) is 5.01. The van der Waals surface area contributed by atoms with E-state index >= 15 is 0 Å². The highest BCUT2D eigenvalue weighted by Crippen LogP contribution is 2.27. The predicted molar refractivity (Wildman–Crippen MR) is 64.8 cm³/mol. The molecule has 0 bridgehead atoms. The lowest BCUT2D eigenvalue weighted by molar-refractivity contribution is 0.0526. The van der Waals surface area contributed by atoms with Crippen molar-refractivity contribution in [3.05, 3.63) is 35.6 Å². The van der Waals surface area contributed by atoms with E-state index in [0.29, 0.717) is 28.8 Å². The normalized spacial score (nSPS) is 10.6. The first-order chi connectivity index (χ1) is 7.77. The first-order valence-corrected chi connectivity index (χ1v) is 6.13. The SMILES string of the molecule is CCOC(=O)c1c(CBr)oc2ccccc12. The molecule has 3 nitrogen and oxygen atoms in total. The number of benzene rings is 1. The molecule has 0 radical (unpaired) electrons. The molecule has 2 rings (SSSR count). The van der Waals surface area contributed by atoms with Crippen molar-refractivity contribution < 1.29 is 13.9 Å². The fraction of sp³-hybridized carbons (Fsp3) is 0.250. The maximum atomic E-state index is 11.8. The van der Waals surface area contributed by atoms with E-state index in [1.54, 1.807) is 6.92 Å². The highest BCUT2D eigenvalue weighted by Gasteiger charge is 2.20. The van der Waals surface area contributed by atoms with E-state index in [0.717, 1.165) is 5.39 Å². The van der Waals surface area contributed by atoms with Crippen LogP contribution in [0.3, 0.4) is 0 Å². The molecule has 1 heterocycles. The van der Waals surface area contributed by atoms with Crippen LogP contribution in [0.1, 0.15) is 23.0 Å². The van der Waals surface area contributed by atoms with Gasteiger partial charge in [0.2, 0.25) is 0 Å². The van der Waals surface area contributed by atoms with Crippen LogP contribution in [0.25, 0.3) is 11.0 Å². The fourth-order valence-electron chi connectivity index (χ4n) is 1.62. The molecule has 1 aromatic carbocycles. The molecule has 1 aromatic heterocycles. The summed E-state index contributed by atoms with van der Waals surface area (Å²) in [5.41, 5.74) is 1.23. The van der Waals surface area contributed by atoms with Crippen LogP contribution in [-0.2, 0) is 10.1 Å². The van der Waals surface area contributed by atoms with Gasteiger partial charge in [0.25, 0.3) is 0 Å². The van der Waals surface area contributed by atoms with E-state index in [-0.39, 0.29) is 5.97 Å². The Morgan fingerprint density at radius 1 is 1.44 bits per heavy atom. The van der Waals surface area contributed by atoms with Crippen LogP contribution in [-0.4, -0.2) is 12.6 Å². The minimum absolute atomic E-state index is 0.332. The van der Waals surface area contributed by atoms with Crippen molar-refractivity contribution in [1.82, 2.24) is 0 Å². The Morgan fingerprint density at radius 3 is 2.88 bits per heavy atom. The quantitative estimate of drug-likeness (QED) is 0.639. The summed E-state index contributed by atoms with van der Waals surface area (Å²) in [7, 11) is 0. The molecular weight excluding hydrogens is 272 g/mol. The van der Waals surface area contributed by atoms with Crippen molar-refractivity contribution in [2.75, 3.05) is 6.61 Å². The molecular formula is C12H11BrO3. The van der Waals surface area contributed by atoms with E-state index in [1.165, 1.54) is 0 Å². The van der Waals surface area contributed by atoms with Gasteiger partial charge in [0.1, 0.15) is 16.9 Å². The zero-order valence-electron chi connectivity index (χ0n) is 8.83. The van der Waals surface area contributed by atoms with Crippen molar-refractivity contribution in [3.63, 3.8) is 0 Å². The van der Waals surface area contributed by atoms with E-state index in [4.69, 9.17) is 9.15 Å².